The quantitative estimate of drug-likeness (QED) is 0.711. The minimum Gasteiger partial charge on any atom is -0.297 e. The van der Waals surface area contributed by atoms with Crippen LogP contribution in [0.2, 0.25) is 0 Å². The fourth-order valence-electron chi connectivity index (χ4n) is 2.23. The summed E-state index contributed by atoms with van der Waals surface area (Å²) in [6.07, 6.45) is 0.926. The molecule has 3 nitrogen and oxygen atoms in total. The van der Waals surface area contributed by atoms with Crippen LogP contribution in [-0.4, -0.2) is 10.9 Å². The first-order valence-corrected chi connectivity index (χ1v) is 8.88. The third kappa shape index (κ3) is 3.48. The lowest BCUT2D eigenvalue weighted by molar-refractivity contribution is 0.103. The summed E-state index contributed by atoms with van der Waals surface area (Å²) in [5.74, 6) is -0.421. The third-order valence-corrected chi connectivity index (χ3v) is 5.57. The van der Waals surface area contributed by atoms with E-state index in [2.05, 4.69) is 17.2 Å². The van der Waals surface area contributed by atoms with E-state index in [0.29, 0.717) is 10.0 Å². The molecule has 0 spiro atoms. The van der Waals surface area contributed by atoms with Crippen molar-refractivity contribution >= 4 is 33.7 Å². The Labute approximate surface area is 141 Å². The minimum atomic E-state index is -0.280. The summed E-state index contributed by atoms with van der Waals surface area (Å²) < 4.78 is 13.0. The monoisotopic (exact) mass is 346 g/mol. The lowest BCUT2D eigenvalue weighted by Crippen LogP contribution is -2.09. The first-order valence-electron chi connectivity index (χ1n) is 7.19. The van der Waals surface area contributed by atoms with Crippen molar-refractivity contribution in [1.82, 2.24) is 4.98 Å². The van der Waals surface area contributed by atoms with Gasteiger partial charge in [0.2, 0.25) is 0 Å². The molecule has 1 N–H and O–H groups in total. The third-order valence-electron chi connectivity index (χ3n) is 3.43. The summed E-state index contributed by atoms with van der Waals surface area (Å²) in [6, 6.07) is 8.05. The van der Waals surface area contributed by atoms with Crippen LogP contribution in [0.15, 0.2) is 35.7 Å². The Morgan fingerprint density at radius 3 is 2.70 bits per heavy atom. The predicted octanol–water partition coefficient (Wildman–Crippen LogP) is 5.13. The van der Waals surface area contributed by atoms with Crippen LogP contribution in [0, 0.1) is 12.7 Å². The van der Waals surface area contributed by atoms with Gasteiger partial charge in [0.05, 0.1) is 10.6 Å². The smallest absolute Gasteiger partial charge is 0.267 e. The Hall–Kier alpha value is -2.05. The molecule has 3 aromatic rings. The molecule has 0 atom stereocenters. The fraction of sp³-hybridized carbons (Fsp3) is 0.176. The van der Waals surface area contributed by atoms with Gasteiger partial charge in [-0.3, -0.25) is 10.1 Å². The van der Waals surface area contributed by atoms with Gasteiger partial charge in [-0.2, -0.15) is 0 Å². The first kappa shape index (κ1) is 15.8. The van der Waals surface area contributed by atoms with E-state index in [0.717, 1.165) is 23.2 Å². The zero-order chi connectivity index (χ0) is 16.4. The van der Waals surface area contributed by atoms with Gasteiger partial charge in [0.25, 0.3) is 5.91 Å². The fourth-order valence-corrected chi connectivity index (χ4v) is 3.95. The second-order valence-electron chi connectivity index (χ2n) is 5.07. The van der Waals surface area contributed by atoms with Crippen LogP contribution in [0.3, 0.4) is 0 Å². The number of rotatable bonds is 4. The molecule has 0 saturated heterocycles. The number of hydrogen-bond donors (Lipinski definition) is 1. The molecule has 1 amide bonds. The number of thiazole rings is 1. The van der Waals surface area contributed by atoms with Gasteiger partial charge in [0.15, 0.2) is 5.13 Å². The van der Waals surface area contributed by atoms with E-state index in [1.54, 1.807) is 12.1 Å². The summed E-state index contributed by atoms with van der Waals surface area (Å²) in [4.78, 5) is 18.6. The summed E-state index contributed by atoms with van der Waals surface area (Å²) in [5.41, 5.74) is 2.69. The van der Waals surface area contributed by atoms with Crippen LogP contribution in [0.1, 0.15) is 27.0 Å². The van der Waals surface area contributed by atoms with Crippen LogP contribution in [0.25, 0.3) is 11.3 Å². The highest BCUT2D eigenvalue weighted by Gasteiger charge is 2.14. The molecule has 3 rings (SSSR count). The first-order chi connectivity index (χ1) is 11.1. The molecule has 1 aromatic carbocycles. The molecule has 6 heteroatoms. The highest BCUT2D eigenvalue weighted by molar-refractivity contribution is 7.15. The molecule has 0 unspecified atom stereocenters. The molecule has 0 fully saturated rings. The van der Waals surface area contributed by atoms with Crippen molar-refractivity contribution < 1.29 is 9.18 Å². The van der Waals surface area contributed by atoms with Crippen molar-refractivity contribution in [2.75, 3.05) is 5.32 Å². The van der Waals surface area contributed by atoms with Crippen molar-refractivity contribution in [3.05, 3.63) is 56.8 Å². The Morgan fingerprint density at radius 2 is 2.04 bits per heavy atom. The number of amides is 1. The van der Waals surface area contributed by atoms with Gasteiger partial charge in [-0.25, -0.2) is 9.37 Å². The molecule has 118 valence electrons. The van der Waals surface area contributed by atoms with E-state index in [-0.39, 0.29) is 11.7 Å². The predicted molar refractivity (Wildman–Crippen MR) is 93.9 cm³/mol. The van der Waals surface area contributed by atoms with E-state index < -0.39 is 0 Å². The minimum absolute atomic E-state index is 0.141. The molecule has 0 aliphatic heterocycles. The molecule has 2 aromatic heterocycles. The highest BCUT2D eigenvalue weighted by atomic mass is 32.1. The molecular formula is C17H15FN2OS2. The van der Waals surface area contributed by atoms with Crippen molar-refractivity contribution in [3.63, 3.8) is 0 Å². The Morgan fingerprint density at radius 1 is 1.30 bits per heavy atom. The van der Waals surface area contributed by atoms with Gasteiger partial charge in [-0.05, 0) is 49.2 Å². The van der Waals surface area contributed by atoms with Crippen molar-refractivity contribution in [2.45, 2.75) is 20.3 Å². The summed E-state index contributed by atoms with van der Waals surface area (Å²) in [5, 5.41) is 5.22. The lowest BCUT2D eigenvalue weighted by Gasteiger charge is -1.98. The van der Waals surface area contributed by atoms with Gasteiger partial charge in [-0.15, -0.1) is 22.7 Å². The number of carbonyl (C=O) groups is 1. The standard InChI is InChI=1S/C17H15FN2OS2/c1-3-14-10(2)8-15(23-14)16(21)20-17-19-13(9-22-17)11-4-6-12(18)7-5-11/h4-9H,3H2,1-2H3,(H,19,20,21). The average Bonchev–Trinajstić information content (AvgIpc) is 3.14. The molecule has 0 aliphatic rings. The van der Waals surface area contributed by atoms with E-state index in [9.17, 15) is 9.18 Å². The second kappa shape index (κ2) is 6.60. The van der Waals surface area contributed by atoms with Crippen molar-refractivity contribution in [3.8, 4) is 11.3 Å². The summed E-state index contributed by atoms with van der Waals surface area (Å²) in [7, 11) is 0. The van der Waals surface area contributed by atoms with Gasteiger partial charge in [0.1, 0.15) is 5.82 Å². The number of thiophene rings is 1. The Kier molecular flexibility index (Phi) is 4.54. The normalized spacial score (nSPS) is 10.7. The van der Waals surface area contributed by atoms with Crippen LogP contribution >= 0.6 is 22.7 Å². The van der Waals surface area contributed by atoms with E-state index >= 15 is 0 Å². The number of halogens is 1. The molecule has 0 saturated carbocycles. The largest absolute Gasteiger partial charge is 0.297 e. The van der Waals surface area contributed by atoms with E-state index in [1.807, 2.05) is 18.4 Å². The number of anilines is 1. The second-order valence-corrected chi connectivity index (χ2v) is 7.06. The molecule has 23 heavy (non-hydrogen) atoms. The zero-order valence-electron chi connectivity index (χ0n) is 12.7. The highest BCUT2D eigenvalue weighted by Crippen LogP contribution is 2.27. The van der Waals surface area contributed by atoms with Crippen LogP contribution in [0.4, 0.5) is 9.52 Å². The SMILES string of the molecule is CCc1sc(C(=O)Nc2nc(-c3ccc(F)cc3)cs2)cc1C. The zero-order valence-corrected chi connectivity index (χ0v) is 14.4. The van der Waals surface area contributed by atoms with Crippen molar-refractivity contribution in [1.29, 1.82) is 0 Å². The van der Waals surface area contributed by atoms with E-state index in [4.69, 9.17) is 0 Å². The number of benzene rings is 1. The number of carbonyl (C=O) groups excluding carboxylic acids is 1. The molecule has 0 bridgehead atoms. The average molecular weight is 346 g/mol. The van der Waals surface area contributed by atoms with Gasteiger partial charge < -0.3 is 0 Å². The van der Waals surface area contributed by atoms with Gasteiger partial charge in [-0.1, -0.05) is 6.92 Å². The molecule has 0 radical (unpaired) electrons. The summed E-state index contributed by atoms with van der Waals surface area (Å²) >= 11 is 2.87. The maximum absolute atomic E-state index is 13.0. The Balaban J connectivity index is 1.75. The number of hydrogen-bond acceptors (Lipinski definition) is 4. The van der Waals surface area contributed by atoms with E-state index in [1.165, 1.54) is 39.7 Å². The topological polar surface area (TPSA) is 42.0 Å². The maximum Gasteiger partial charge on any atom is 0.267 e. The number of nitrogens with zero attached hydrogens (tertiary/aromatic N) is 1. The van der Waals surface area contributed by atoms with Crippen LogP contribution in [-0.2, 0) is 6.42 Å². The van der Waals surface area contributed by atoms with Crippen LogP contribution < -0.4 is 5.32 Å². The van der Waals surface area contributed by atoms with Gasteiger partial charge >= 0.3 is 0 Å². The molecule has 0 aliphatic carbocycles. The lowest BCUT2D eigenvalue weighted by atomic mass is 10.2. The summed E-state index contributed by atoms with van der Waals surface area (Å²) in [6.45, 7) is 4.10. The molecule has 2 heterocycles. The number of aromatic nitrogens is 1. The van der Waals surface area contributed by atoms with Crippen LogP contribution in [0.5, 0.6) is 0 Å². The Bertz CT molecular complexity index is 837. The number of aryl methyl sites for hydroxylation is 2. The molecular weight excluding hydrogens is 331 g/mol. The van der Waals surface area contributed by atoms with Crippen molar-refractivity contribution in [2.24, 2.45) is 0 Å². The van der Waals surface area contributed by atoms with Gasteiger partial charge in [0, 0.05) is 15.8 Å². The number of nitrogens with one attached hydrogen (secondary N) is 1. The maximum atomic E-state index is 13.0.